The number of halogens is 2. The van der Waals surface area contributed by atoms with E-state index in [-0.39, 0.29) is 5.69 Å². The zero-order valence-electron chi connectivity index (χ0n) is 10.0. The summed E-state index contributed by atoms with van der Waals surface area (Å²) in [5.74, 6) is -1.21. The summed E-state index contributed by atoms with van der Waals surface area (Å²) in [6, 6.07) is 11.4. The van der Waals surface area contributed by atoms with Crippen LogP contribution in [0.2, 0.25) is 0 Å². The van der Waals surface area contributed by atoms with E-state index in [1.807, 2.05) is 31.2 Å². The second kappa shape index (κ2) is 5.60. The number of rotatable bonds is 4. The lowest BCUT2D eigenvalue weighted by Crippen LogP contribution is -2.21. The average Bonchev–Trinajstić information content (AvgIpc) is 2.34. The highest BCUT2D eigenvalue weighted by molar-refractivity contribution is 5.43. The summed E-state index contributed by atoms with van der Waals surface area (Å²) in [4.78, 5) is 0. The molecule has 0 saturated carbocycles. The third-order valence-electron chi connectivity index (χ3n) is 2.57. The number of aryl methyl sites for hydroxylation is 1. The summed E-state index contributed by atoms with van der Waals surface area (Å²) >= 11 is 0. The molecule has 0 atom stereocenters. The van der Waals surface area contributed by atoms with Gasteiger partial charge < -0.3 is 5.43 Å². The maximum atomic E-state index is 13.3. The van der Waals surface area contributed by atoms with Crippen LogP contribution in [0.3, 0.4) is 0 Å². The minimum absolute atomic E-state index is 0.225. The van der Waals surface area contributed by atoms with Crippen LogP contribution >= 0.6 is 0 Å². The predicted molar refractivity (Wildman–Crippen MR) is 68.0 cm³/mol. The van der Waals surface area contributed by atoms with Crippen molar-refractivity contribution in [2.75, 3.05) is 5.43 Å². The summed E-state index contributed by atoms with van der Waals surface area (Å²) in [7, 11) is 0. The number of hydrogen-bond acceptors (Lipinski definition) is 2. The third-order valence-corrected chi connectivity index (χ3v) is 2.57. The number of hydrazine groups is 1. The first kappa shape index (κ1) is 12.5. The molecule has 0 spiro atoms. The van der Waals surface area contributed by atoms with Crippen LogP contribution in [-0.4, -0.2) is 0 Å². The zero-order chi connectivity index (χ0) is 13.0. The molecule has 0 radical (unpaired) electrons. The highest BCUT2D eigenvalue weighted by Crippen LogP contribution is 2.13. The molecule has 0 bridgehead atoms. The van der Waals surface area contributed by atoms with E-state index in [0.717, 1.165) is 11.6 Å². The van der Waals surface area contributed by atoms with Crippen molar-refractivity contribution in [3.63, 3.8) is 0 Å². The first-order chi connectivity index (χ1) is 8.65. The standard InChI is InChI=1S/C14H14F2N2/c1-10-2-4-11(5-3-10)9-17-18-14-7-6-12(15)8-13(14)16/h2-8,17-18H,9H2,1H3. The van der Waals surface area contributed by atoms with Gasteiger partial charge in [0.1, 0.15) is 5.82 Å². The number of hydrogen-bond donors (Lipinski definition) is 2. The molecule has 0 amide bonds. The van der Waals surface area contributed by atoms with Gasteiger partial charge in [0.25, 0.3) is 0 Å². The lowest BCUT2D eigenvalue weighted by Gasteiger charge is -2.09. The molecule has 0 heterocycles. The molecule has 0 aliphatic rings. The molecule has 94 valence electrons. The van der Waals surface area contributed by atoms with Gasteiger partial charge in [0.15, 0.2) is 5.82 Å². The molecule has 0 saturated heterocycles. The van der Waals surface area contributed by atoms with E-state index in [1.165, 1.54) is 17.7 Å². The van der Waals surface area contributed by atoms with Gasteiger partial charge in [0.05, 0.1) is 5.69 Å². The normalized spacial score (nSPS) is 10.4. The third kappa shape index (κ3) is 3.28. The molecule has 4 heteroatoms. The molecule has 2 nitrogen and oxygen atoms in total. The predicted octanol–water partition coefficient (Wildman–Crippen LogP) is 3.39. The van der Waals surface area contributed by atoms with Gasteiger partial charge in [-0.3, -0.25) is 0 Å². The van der Waals surface area contributed by atoms with E-state index in [4.69, 9.17) is 0 Å². The fraction of sp³-hybridized carbons (Fsp3) is 0.143. The van der Waals surface area contributed by atoms with Crippen molar-refractivity contribution in [3.8, 4) is 0 Å². The van der Waals surface area contributed by atoms with Crippen molar-refractivity contribution in [2.45, 2.75) is 13.5 Å². The molecular weight excluding hydrogens is 234 g/mol. The minimum atomic E-state index is -0.619. The quantitative estimate of drug-likeness (QED) is 0.810. The molecule has 2 aromatic rings. The summed E-state index contributed by atoms with van der Waals surface area (Å²) in [6.45, 7) is 2.57. The van der Waals surface area contributed by atoms with Crippen molar-refractivity contribution in [3.05, 3.63) is 65.2 Å². The van der Waals surface area contributed by atoms with Crippen LogP contribution in [0.1, 0.15) is 11.1 Å². The van der Waals surface area contributed by atoms with E-state index >= 15 is 0 Å². The van der Waals surface area contributed by atoms with Gasteiger partial charge in [-0.05, 0) is 24.6 Å². The Labute approximate surface area is 105 Å². The van der Waals surface area contributed by atoms with Gasteiger partial charge in [-0.15, -0.1) is 0 Å². The maximum absolute atomic E-state index is 13.3. The van der Waals surface area contributed by atoms with Crippen LogP contribution in [0.5, 0.6) is 0 Å². The van der Waals surface area contributed by atoms with Crippen molar-refractivity contribution >= 4 is 5.69 Å². The number of benzene rings is 2. The van der Waals surface area contributed by atoms with Gasteiger partial charge in [-0.2, -0.15) is 0 Å². The first-order valence-electron chi connectivity index (χ1n) is 5.64. The van der Waals surface area contributed by atoms with Crippen LogP contribution in [0.4, 0.5) is 14.5 Å². The van der Waals surface area contributed by atoms with Gasteiger partial charge in [0, 0.05) is 12.6 Å². The van der Waals surface area contributed by atoms with Crippen LogP contribution < -0.4 is 10.9 Å². The van der Waals surface area contributed by atoms with Crippen LogP contribution in [0.25, 0.3) is 0 Å². The Balaban J connectivity index is 1.90. The van der Waals surface area contributed by atoms with E-state index in [2.05, 4.69) is 10.9 Å². The fourth-order valence-electron chi connectivity index (χ4n) is 1.54. The average molecular weight is 248 g/mol. The number of nitrogens with one attached hydrogen (secondary N) is 2. The van der Waals surface area contributed by atoms with Crippen molar-refractivity contribution in [1.29, 1.82) is 0 Å². The Morgan fingerprint density at radius 1 is 1.00 bits per heavy atom. The van der Waals surface area contributed by atoms with Crippen LogP contribution in [-0.2, 0) is 6.54 Å². The molecule has 2 N–H and O–H groups in total. The van der Waals surface area contributed by atoms with E-state index in [9.17, 15) is 8.78 Å². The lowest BCUT2D eigenvalue weighted by molar-refractivity contribution is 0.583. The smallest absolute Gasteiger partial charge is 0.150 e. The van der Waals surface area contributed by atoms with Crippen LogP contribution in [0, 0.1) is 18.6 Å². The van der Waals surface area contributed by atoms with Crippen molar-refractivity contribution in [1.82, 2.24) is 5.43 Å². The molecule has 0 unspecified atom stereocenters. The Bertz CT molecular complexity index is 524. The SMILES string of the molecule is Cc1ccc(CNNc2ccc(F)cc2F)cc1. The highest BCUT2D eigenvalue weighted by Gasteiger charge is 2.02. The molecule has 0 aliphatic heterocycles. The van der Waals surface area contributed by atoms with Gasteiger partial charge >= 0.3 is 0 Å². The Kier molecular flexibility index (Phi) is 3.89. The monoisotopic (exact) mass is 248 g/mol. The highest BCUT2D eigenvalue weighted by atomic mass is 19.1. The van der Waals surface area contributed by atoms with Gasteiger partial charge in [-0.1, -0.05) is 29.8 Å². The van der Waals surface area contributed by atoms with Crippen molar-refractivity contribution in [2.24, 2.45) is 0 Å². The topological polar surface area (TPSA) is 24.1 Å². The maximum Gasteiger partial charge on any atom is 0.150 e. The van der Waals surface area contributed by atoms with E-state index in [0.29, 0.717) is 6.54 Å². The van der Waals surface area contributed by atoms with E-state index in [1.54, 1.807) is 0 Å². The first-order valence-corrected chi connectivity index (χ1v) is 5.64. The molecule has 0 aromatic heterocycles. The summed E-state index contributed by atoms with van der Waals surface area (Å²) in [5, 5.41) is 0. The zero-order valence-corrected chi connectivity index (χ0v) is 10.0. The molecule has 2 aromatic carbocycles. The Morgan fingerprint density at radius 2 is 1.72 bits per heavy atom. The molecule has 2 rings (SSSR count). The van der Waals surface area contributed by atoms with Gasteiger partial charge in [-0.25, -0.2) is 14.2 Å². The Morgan fingerprint density at radius 3 is 2.39 bits per heavy atom. The lowest BCUT2D eigenvalue weighted by atomic mass is 10.1. The fourth-order valence-corrected chi connectivity index (χ4v) is 1.54. The molecular formula is C14H14F2N2. The second-order valence-electron chi connectivity index (χ2n) is 4.09. The van der Waals surface area contributed by atoms with Gasteiger partial charge in [0.2, 0.25) is 0 Å². The second-order valence-corrected chi connectivity index (χ2v) is 4.09. The summed E-state index contributed by atoms with van der Waals surface area (Å²) in [6.07, 6.45) is 0. The number of anilines is 1. The largest absolute Gasteiger partial charge is 0.318 e. The molecule has 18 heavy (non-hydrogen) atoms. The van der Waals surface area contributed by atoms with E-state index < -0.39 is 11.6 Å². The van der Waals surface area contributed by atoms with Crippen molar-refractivity contribution < 1.29 is 8.78 Å². The van der Waals surface area contributed by atoms with Crippen LogP contribution in [0.15, 0.2) is 42.5 Å². The summed E-state index contributed by atoms with van der Waals surface area (Å²) in [5.41, 5.74) is 8.09. The molecule has 0 aliphatic carbocycles. The molecule has 0 fully saturated rings. The Hall–Kier alpha value is -1.94. The minimum Gasteiger partial charge on any atom is -0.318 e. The summed E-state index contributed by atoms with van der Waals surface area (Å²) < 4.78 is 26.0.